The van der Waals surface area contributed by atoms with E-state index < -0.39 is 17.7 Å². The molecule has 0 aliphatic carbocycles. The molecule has 0 aliphatic heterocycles. The molecule has 122 valence electrons. The lowest BCUT2D eigenvalue weighted by molar-refractivity contribution is 0.0606. The maximum Gasteiger partial charge on any atom is 0.349 e. The maximum absolute atomic E-state index is 13.7. The third-order valence-electron chi connectivity index (χ3n) is 3.08. The molecule has 3 rings (SSSR count). The number of benzene rings is 1. The fourth-order valence-corrected chi connectivity index (χ4v) is 2.68. The smallest absolute Gasteiger partial charge is 0.349 e. The van der Waals surface area contributed by atoms with Gasteiger partial charge >= 0.3 is 5.97 Å². The van der Waals surface area contributed by atoms with Crippen molar-refractivity contribution in [1.82, 2.24) is 4.98 Å². The summed E-state index contributed by atoms with van der Waals surface area (Å²) in [7, 11) is 1.26. The number of amides is 1. The number of carbonyl (C=O) groups is 2. The monoisotopic (exact) mass is 346 g/mol. The molecule has 0 bridgehead atoms. The molecule has 0 fully saturated rings. The molecule has 0 spiro atoms. The lowest BCUT2D eigenvalue weighted by atomic mass is 10.1. The van der Waals surface area contributed by atoms with Crippen LogP contribution in [0.4, 0.5) is 9.52 Å². The number of furan rings is 1. The molecule has 0 aliphatic rings. The molecule has 1 amide bonds. The first-order valence-electron chi connectivity index (χ1n) is 6.78. The number of thiazole rings is 1. The Morgan fingerprint density at radius 2 is 2.04 bits per heavy atom. The second kappa shape index (κ2) is 6.63. The predicted octanol–water partition coefficient (Wildman–Crippen LogP) is 3.58. The van der Waals surface area contributed by atoms with E-state index in [-0.39, 0.29) is 27.1 Å². The zero-order chi connectivity index (χ0) is 17.1. The van der Waals surface area contributed by atoms with E-state index in [1.54, 1.807) is 18.2 Å². The first-order chi connectivity index (χ1) is 11.6. The van der Waals surface area contributed by atoms with Crippen LogP contribution in [0.3, 0.4) is 0 Å². The van der Waals surface area contributed by atoms with Gasteiger partial charge < -0.3 is 9.15 Å². The Bertz CT molecular complexity index is 903. The molecule has 8 heteroatoms. The summed E-state index contributed by atoms with van der Waals surface area (Å²) in [4.78, 5) is 27.7. The Kier molecular flexibility index (Phi) is 4.39. The van der Waals surface area contributed by atoms with Crippen molar-refractivity contribution in [3.05, 3.63) is 59.0 Å². The second-order valence-electron chi connectivity index (χ2n) is 4.62. The highest BCUT2D eigenvalue weighted by molar-refractivity contribution is 7.17. The Balaban J connectivity index is 1.76. The van der Waals surface area contributed by atoms with Crippen LogP contribution in [0.5, 0.6) is 0 Å². The van der Waals surface area contributed by atoms with Crippen LogP contribution >= 0.6 is 11.3 Å². The number of hydrogen-bond donors (Lipinski definition) is 1. The van der Waals surface area contributed by atoms with Crippen LogP contribution in [0.25, 0.3) is 11.3 Å². The van der Waals surface area contributed by atoms with Crippen LogP contribution < -0.4 is 5.32 Å². The van der Waals surface area contributed by atoms with E-state index in [1.165, 1.54) is 31.5 Å². The molecule has 0 radical (unpaired) electrons. The number of nitrogens with zero attached hydrogens (tertiary/aromatic N) is 1. The Morgan fingerprint density at radius 3 is 2.79 bits per heavy atom. The number of anilines is 1. The van der Waals surface area contributed by atoms with Gasteiger partial charge in [0.1, 0.15) is 16.5 Å². The van der Waals surface area contributed by atoms with E-state index in [4.69, 9.17) is 4.42 Å². The molecular formula is C16H11FN2O4S. The van der Waals surface area contributed by atoms with Crippen LogP contribution in [0.1, 0.15) is 20.2 Å². The average molecular weight is 346 g/mol. The van der Waals surface area contributed by atoms with Gasteiger partial charge in [0.05, 0.1) is 18.9 Å². The first-order valence-corrected chi connectivity index (χ1v) is 7.60. The molecule has 3 aromatic rings. The minimum atomic E-state index is -0.552. The number of nitrogens with one attached hydrogen (secondary N) is 1. The highest BCUT2D eigenvalue weighted by Crippen LogP contribution is 2.26. The summed E-state index contributed by atoms with van der Waals surface area (Å²) >= 11 is 0.975. The summed E-state index contributed by atoms with van der Waals surface area (Å²) < 4.78 is 23.7. The standard InChI is InChI=1S/C16H11FN2O4S/c1-22-15(21)13-8-18-16(24-13)19-14(20)12-7-6-11(23-12)9-4-2-3-5-10(9)17/h2-8H,1H3,(H,18,19,20). The van der Waals surface area contributed by atoms with Gasteiger partial charge in [-0.15, -0.1) is 0 Å². The summed E-state index contributed by atoms with van der Waals surface area (Å²) in [5, 5.41) is 2.74. The zero-order valence-corrected chi connectivity index (χ0v) is 13.2. The SMILES string of the molecule is COC(=O)c1cnc(NC(=O)c2ccc(-c3ccccc3F)o2)s1. The molecule has 0 atom stereocenters. The fourth-order valence-electron chi connectivity index (χ4n) is 1.95. The Morgan fingerprint density at radius 1 is 1.25 bits per heavy atom. The van der Waals surface area contributed by atoms with E-state index >= 15 is 0 Å². The van der Waals surface area contributed by atoms with Crippen LogP contribution in [0.15, 0.2) is 47.0 Å². The van der Waals surface area contributed by atoms with E-state index in [0.717, 1.165) is 11.3 Å². The second-order valence-corrected chi connectivity index (χ2v) is 5.65. The molecule has 2 heterocycles. The minimum Gasteiger partial charge on any atom is -0.465 e. The summed E-state index contributed by atoms with van der Waals surface area (Å²) in [5.41, 5.74) is 0.263. The molecule has 0 saturated heterocycles. The van der Waals surface area contributed by atoms with Gasteiger partial charge in [-0.3, -0.25) is 10.1 Å². The molecule has 1 N–H and O–H groups in total. The first kappa shape index (κ1) is 15.9. The van der Waals surface area contributed by atoms with Crippen molar-refractivity contribution in [1.29, 1.82) is 0 Å². The minimum absolute atomic E-state index is 0.00284. The van der Waals surface area contributed by atoms with Crippen molar-refractivity contribution in [3.63, 3.8) is 0 Å². The topological polar surface area (TPSA) is 81.4 Å². The summed E-state index contributed by atoms with van der Waals surface area (Å²) in [6.07, 6.45) is 1.30. The molecule has 24 heavy (non-hydrogen) atoms. The van der Waals surface area contributed by atoms with E-state index in [9.17, 15) is 14.0 Å². The molecule has 6 nitrogen and oxygen atoms in total. The van der Waals surface area contributed by atoms with Gasteiger partial charge in [0.15, 0.2) is 10.9 Å². The quantitative estimate of drug-likeness (QED) is 0.730. The number of esters is 1. The average Bonchev–Trinajstić information content (AvgIpc) is 3.24. The number of methoxy groups -OCH3 is 1. The van der Waals surface area contributed by atoms with Crippen LogP contribution in [-0.4, -0.2) is 24.0 Å². The van der Waals surface area contributed by atoms with Gasteiger partial charge in [-0.05, 0) is 24.3 Å². The summed E-state index contributed by atoms with van der Waals surface area (Å²) in [6, 6.07) is 9.04. The zero-order valence-electron chi connectivity index (χ0n) is 12.4. The third-order valence-corrected chi connectivity index (χ3v) is 3.97. The van der Waals surface area contributed by atoms with Crippen LogP contribution in [-0.2, 0) is 4.74 Å². The Labute approximate surface area is 139 Å². The summed E-state index contributed by atoms with van der Waals surface area (Å²) in [5.74, 6) is -1.28. The maximum atomic E-state index is 13.7. The Hall–Kier alpha value is -3.00. The van der Waals surface area contributed by atoms with Crippen molar-refractivity contribution in [2.75, 3.05) is 12.4 Å². The normalized spacial score (nSPS) is 10.4. The largest absolute Gasteiger partial charge is 0.465 e. The van der Waals surface area contributed by atoms with Crippen LogP contribution in [0.2, 0.25) is 0 Å². The molecular weight excluding hydrogens is 335 g/mol. The van der Waals surface area contributed by atoms with Crippen LogP contribution in [0, 0.1) is 5.82 Å². The lowest BCUT2D eigenvalue weighted by Gasteiger charge is -2.00. The van der Waals surface area contributed by atoms with Gasteiger partial charge in [0.25, 0.3) is 5.91 Å². The molecule has 1 aromatic carbocycles. The number of ether oxygens (including phenoxy) is 1. The van der Waals surface area contributed by atoms with Crippen molar-refractivity contribution in [3.8, 4) is 11.3 Å². The lowest BCUT2D eigenvalue weighted by Crippen LogP contribution is -2.10. The number of carbonyl (C=O) groups excluding carboxylic acids is 2. The highest BCUT2D eigenvalue weighted by Gasteiger charge is 2.17. The summed E-state index contributed by atoms with van der Waals surface area (Å²) in [6.45, 7) is 0. The number of halogens is 1. The number of rotatable bonds is 4. The molecule has 0 unspecified atom stereocenters. The van der Waals surface area contributed by atoms with E-state index in [2.05, 4.69) is 15.0 Å². The van der Waals surface area contributed by atoms with E-state index in [1.807, 2.05) is 0 Å². The van der Waals surface area contributed by atoms with Gasteiger partial charge in [0, 0.05) is 0 Å². The van der Waals surface area contributed by atoms with Gasteiger partial charge in [-0.25, -0.2) is 14.2 Å². The van der Waals surface area contributed by atoms with Gasteiger partial charge in [0.2, 0.25) is 0 Å². The van der Waals surface area contributed by atoms with E-state index in [0.29, 0.717) is 0 Å². The predicted molar refractivity (Wildman–Crippen MR) is 85.5 cm³/mol. The highest BCUT2D eigenvalue weighted by atomic mass is 32.1. The number of aromatic nitrogens is 1. The molecule has 0 saturated carbocycles. The van der Waals surface area contributed by atoms with Gasteiger partial charge in [-0.2, -0.15) is 0 Å². The van der Waals surface area contributed by atoms with Crippen molar-refractivity contribution in [2.45, 2.75) is 0 Å². The fraction of sp³-hybridized carbons (Fsp3) is 0.0625. The number of hydrogen-bond acceptors (Lipinski definition) is 6. The van der Waals surface area contributed by atoms with Crippen molar-refractivity contribution < 1.29 is 23.1 Å². The van der Waals surface area contributed by atoms with Crippen molar-refractivity contribution >= 4 is 28.3 Å². The van der Waals surface area contributed by atoms with Crippen molar-refractivity contribution in [2.24, 2.45) is 0 Å². The van der Waals surface area contributed by atoms with Gasteiger partial charge in [-0.1, -0.05) is 23.5 Å². The molecule has 2 aromatic heterocycles. The third kappa shape index (κ3) is 3.18.